The zero-order valence-corrected chi connectivity index (χ0v) is 12.3. The Hall–Kier alpha value is -2.01. The van der Waals surface area contributed by atoms with Crippen molar-refractivity contribution < 1.29 is 13.9 Å². The number of morpholine rings is 1. The highest BCUT2D eigenvalue weighted by Crippen LogP contribution is 2.24. The predicted octanol–water partition coefficient (Wildman–Crippen LogP) is 2.65. The molecule has 2 N–H and O–H groups in total. The average molecular weight is 288 g/mol. The summed E-state index contributed by atoms with van der Waals surface area (Å²) in [5.74, 6) is 0.287. The van der Waals surface area contributed by atoms with E-state index >= 15 is 0 Å². The summed E-state index contributed by atoms with van der Waals surface area (Å²) in [5.41, 5.74) is 7.10. The largest absolute Gasteiger partial charge is 0.451 e. The molecule has 21 heavy (non-hydrogen) atoms. The Kier molecular flexibility index (Phi) is 3.59. The molecule has 0 bridgehead atoms. The molecule has 1 aliphatic heterocycles. The van der Waals surface area contributed by atoms with Crippen LogP contribution in [0.25, 0.3) is 11.0 Å². The van der Waals surface area contributed by atoms with Crippen LogP contribution in [0.1, 0.15) is 30.8 Å². The van der Waals surface area contributed by atoms with Crippen LogP contribution < -0.4 is 5.73 Å². The molecule has 1 aromatic heterocycles. The van der Waals surface area contributed by atoms with Crippen molar-refractivity contribution in [1.29, 1.82) is 0 Å². The summed E-state index contributed by atoms with van der Waals surface area (Å²) in [7, 11) is 0. The minimum Gasteiger partial charge on any atom is -0.451 e. The average Bonchev–Trinajstić information content (AvgIpc) is 2.89. The van der Waals surface area contributed by atoms with Gasteiger partial charge < -0.3 is 19.8 Å². The van der Waals surface area contributed by atoms with Crippen LogP contribution in [0.3, 0.4) is 0 Å². The van der Waals surface area contributed by atoms with Crippen molar-refractivity contribution in [3.05, 3.63) is 30.0 Å². The highest BCUT2D eigenvalue weighted by Gasteiger charge is 2.31. The Morgan fingerprint density at radius 3 is 3.00 bits per heavy atom. The van der Waals surface area contributed by atoms with E-state index < -0.39 is 0 Å². The monoisotopic (exact) mass is 288 g/mol. The van der Waals surface area contributed by atoms with Gasteiger partial charge in [-0.1, -0.05) is 6.92 Å². The van der Waals surface area contributed by atoms with Crippen LogP contribution >= 0.6 is 0 Å². The third-order valence-electron chi connectivity index (χ3n) is 3.95. The van der Waals surface area contributed by atoms with E-state index in [1.165, 1.54) is 0 Å². The molecule has 1 amide bonds. The Morgan fingerprint density at radius 2 is 2.24 bits per heavy atom. The summed E-state index contributed by atoms with van der Waals surface area (Å²) >= 11 is 0. The first-order valence-corrected chi connectivity index (χ1v) is 7.30. The number of carbonyl (C=O) groups is 1. The maximum Gasteiger partial charge on any atom is 0.290 e. The van der Waals surface area contributed by atoms with Crippen LogP contribution in [0, 0.1) is 0 Å². The van der Waals surface area contributed by atoms with E-state index in [1.54, 1.807) is 18.2 Å². The van der Waals surface area contributed by atoms with Gasteiger partial charge in [0, 0.05) is 17.6 Å². The number of amides is 1. The number of hydrogen-bond donors (Lipinski definition) is 1. The lowest BCUT2D eigenvalue weighted by molar-refractivity contribution is -0.0452. The summed E-state index contributed by atoms with van der Waals surface area (Å²) in [4.78, 5) is 14.6. The molecule has 0 spiro atoms. The first kappa shape index (κ1) is 13.9. The molecule has 3 rings (SSSR count). The smallest absolute Gasteiger partial charge is 0.290 e. The molecule has 0 radical (unpaired) electrons. The van der Waals surface area contributed by atoms with Crippen LogP contribution in [0.4, 0.5) is 5.69 Å². The van der Waals surface area contributed by atoms with Crippen LogP contribution in [0.2, 0.25) is 0 Å². The summed E-state index contributed by atoms with van der Waals surface area (Å²) < 4.78 is 11.3. The minimum atomic E-state index is -0.0771. The van der Waals surface area contributed by atoms with E-state index in [-0.39, 0.29) is 18.1 Å². The molecule has 1 aromatic carbocycles. The van der Waals surface area contributed by atoms with E-state index in [0.29, 0.717) is 30.2 Å². The number of hydrogen-bond acceptors (Lipinski definition) is 4. The van der Waals surface area contributed by atoms with Crippen molar-refractivity contribution in [2.75, 3.05) is 18.9 Å². The Balaban J connectivity index is 1.91. The van der Waals surface area contributed by atoms with Crippen molar-refractivity contribution in [1.82, 2.24) is 4.90 Å². The number of ether oxygens (including phenoxy) is 1. The SMILES string of the molecule is CCC1COC(C)CN1C(=O)c1cc2cc(N)ccc2o1. The van der Waals surface area contributed by atoms with Crippen molar-refractivity contribution >= 4 is 22.6 Å². The van der Waals surface area contributed by atoms with Gasteiger partial charge in [-0.3, -0.25) is 4.79 Å². The molecule has 2 atom stereocenters. The van der Waals surface area contributed by atoms with Gasteiger partial charge in [0.25, 0.3) is 5.91 Å². The lowest BCUT2D eigenvalue weighted by atomic mass is 10.1. The van der Waals surface area contributed by atoms with Crippen LogP contribution in [-0.2, 0) is 4.74 Å². The summed E-state index contributed by atoms with van der Waals surface area (Å²) in [6.07, 6.45) is 0.919. The highest BCUT2D eigenvalue weighted by atomic mass is 16.5. The molecule has 112 valence electrons. The van der Waals surface area contributed by atoms with E-state index in [1.807, 2.05) is 17.9 Å². The van der Waals surface area contributed by atoms with Gasteiger partial charge in [0.2, 0.25) is 0 Å². The topological polar surface area (TPSA) is 68.7 Å². The second-order valence-corrected chi connectivity index (χ2v) is 5.57. The third-order valence-corrected chi connectivity index (χ3v) is 3.95. The third kappa shape index (κ3) is 2.61. The summed E-state index contributed by atoms with van der Waals surface area (Å²) in [6.45, 7) is 5.21. The van der Waals surface area contributed by atoms with Crippen LogP contribution in [-0.4, -0.2) is 36.1 Å². The van der Waals surface area contributed by atoms with Crippen molar-refractivity contribution in [3.8, 4) is 0 Å². The number of nitrogen functional groups attached to an aromatic ring is 1. The number of nitrogens with two attached hydrogens (primary N) is 1. The fraction of sp³-hybridized carbons (Fsp3) is 0.438. The van der Waals surface area contributed by atoms with E-state index in [9.17, 15) is 4.79 Å². The number of fused-ring (bicyclic) bond motifs is 1. The maximum absolute atomic E-state index is 12.7. The molecule has 5 heteroatoms. The normalized spacial score (nSPS) is 22.7. The Labute approximate surface area is 123 Å². The molecule has 2 aromatic rings. The van der Waals surface area contributed by atoms with Gasteiger partial charge in [-0.15, -0.1) is 0 Å². The molecule has 5 nitrogen and oxygen atoms in total. The van der Waals surface area contributed by atoms with Gasteiger partial charge in [0.05, 0.1) is 18.8 Å². The van der Waals surface area contributed by atoms with Gasteiger partial charge in [0.15, 0.2) is 5.76 Å². The number of benzene rings is 1. The maximum atomic E-state index is 12.7. The minimum absolute atomic E-state index is 0.0526. The fourth-order valence-electron chi connectivity index (χ4n) is 2.74. The molecular weight excluding hydrogens is 268 g/mol. The standard InChI is InChI=1S/C16H20N2O3/c1-3-13-9-20-10(2)8-18(13)16(19)15-7-11-6-12(17)4-5-14(11)21-15/h4-7,10,13H,3,8-9,17H2,1-2H3. The predicted molar refractivity (Wildman–Crippen MR) is 81.2 cm³/mol. The van der Waals surface area contributed by atoms with Gasteiger partial charge >= 0.3 is 0 Å². The molecule has 2 heterocycles. The van der Waals surface area contributed by atoms with Gasteiger partial charge in [-0.25, -0.2) is 0 Å². The number of nitrogens with zero attached hydrogens (tertiary/aromatic N) is 1. The van der Waals surface area contributed by atoms with Crippen molar-refractivity contribution in [2.45, 2.75) is 32.4 Å². The number of furan rings is 1. The Morgan fingerprint density at radius 1 is 1.43 bits per heavy atom. The lowest BCUT2D eigenvalue weighted by Crippen LogP contribution is -2.51. The zero-order chi connectivity index (χ0) is 15.0. The molecule has 1 fully saturated rings. The summed E-state index contributed by atoms with van der Waals surface area (Å²) in [6, 6.07) is 7.24. The number of carbonyl (C=O) groups excluding carboxylic acids is 1. The Bertz CT molecular complexity index is 665. The van der Waals surface area contributed by atoms with E-state index in [4.69, 9.17) is 14.9 Å². The van der Waals surface area contributed by atoms with Crippen LogP contribution in [0.5, 0.6) is 0 Å². The van der Waals surface area contributed by atoms with Crippen LogP contribution in [0.15, 0.2) is 28.7 Å². The van der Waals surface area contributed by atoms with Gasteiger partial charge in [-0.2, -0.15) is 0 Å². The van der Waals surface area contributed by atoms with Crippen molar-refractivity contribution in [2.24, 2.45) is 0 Å². The van der Waals surface area contributed by atoms with E-state index in [0.717, 1.165) is 11.8 Å². The number of anilines is 1. The molecular formula is C16H20N2O3. The first-order valence-electron chi connectivity index (χ1n) is 7.30. The second-order valence-electron chi connectivity index (χ2n) is 5.57. The highest BCUT2D eigenvalue weighted by molar-refractivity contribution is 5.96. The molecule has 1 aliphatic rings. The lowest BCUT2D eigenvalue weighted by Gasteiger charge is -2.37. The van der Waals surface area contributed by atoms with Gasteiger partial charge in [0.1, 0.15) is 5.58 Å². The quantitative estimate of drug-likeness (QED) is 0.863. The molecule has 2 unspecified atom stereocenters. The molecule has 0 saturated carbocycles. The van der Waals surface area contributed by atoms with Crippen molar-refractivity contribution in [3.63, 3.8) is 0 Å². The number of rotatable bonds is 2. The zero-order valence-electron chi connectivity index (χ0n) is 12.3. The van der Waals surface area contributed by atoms with Gasteiger partial charge in [-0.05, 0) is 37.6 Å². The second kappa shape index (κ2) is 5.41. The van der Waals surface area contributed by atoms with E-state index in [2.05, 4.69) is 6.92 Å². The molecule has 0 aliphatic carbocycles. The summed E-state index contributed by atoms with van der Waals surface area (Å²) in [5, 5.41) is 0.854. The fourth-order valence-corrected chi connectivity index (χ4v) is 2.74. The molecule has 1 saturated heterocycles. The first-order chi connectivity index (χ1) is 10.1.